The lowest BCUT2D eigenvalue weighted by Gasteiger charge is -2.19. The SMILES string of the molecule is Cc1cc(C(=O)O)c(N)c(C(O)C(O)CC(=O)O)c1. The van der Waals surface area contributed by atoms with E-state index in [0.29, 0.717) is 5.56 Å². The van der Waals surface area contributed by atoms with Gasteiger partial charge in [0.1, 0.15) is 6.10 Å². The number of carbonyl (C=O) groups is 2. The second-order valence-corrected chi connectivity index (χ2v) is 4.23. The Morgan fingerprint density at radius 1 is 1.26 bits per heavy atom. The van der Waals surface area contributed by atoms with Gasteiger partial charge in [-0.3, -0.25) is 4.79 Å². The normalized spacial score (nSPS) is 13.8. The number of aliphatic carboxylic acids is 1. The van der Waals surface area contributed by atoms with Crippen molar-refractivity contribution in [3.8, 4) is 0 Å². The third-order valence-electron chi connectivity index (χ3n) is 2.65. The Balaban J connectivity index is 3.19. The molecule has 2 unspecified atom stereocenters. The summed E-state index contributed by atoms with van der Waals surface area (Å²) in [6, 6.07) is 2.75. The highest BCUT2D eigenvalue weighted by atomic mass is 16.4. The lowest BCUT2D eigenvalue weighted by atomic mass is 9.95. The van der Waals surface area contributed by atoms with Gasteiger partial charge in [0, 0.05) is 5.56 Å². The van der Waals surface area contributed by atoms with E-state index in [2.05, 4.69) is 0 Å². The highest BCUT2D eigenvalue weighted by Gasteiger charge is 2.25. The van der Waals surface area contributed by atoms with Crippen molar-refractivity contribution >= 4 is 17.6 Å². The fourth-order valence-corrected chi connectivity index (χ4v) is 1.75. The summed E-state index contributed by atoms with van der Waals surface area (Å²) < 4.78 is 0. The van der Waals surface area contributed by atoms with Gasteiger partial charge in [0.25, 0.3) is 0 Å². The monoisotopic (exact) mass is 269 g/mol. The Labute approximate surface area is 108 Å². The van der Waals surface area contributed by atoms with Crippen LogP contribution >= 0.6 is 0 Å². The van der Waals surface area contributed by atoms with Gasteiger partial charge in [0.2, 0.25) is 0 Å². The molecule has 7 nitrogen and oxygen atoms in total. The van der Waals surface area contributed by atoms with Crippen LogP contribution in [0.2, 0.25) is 0 Å². The molecular weight excluding hydrogens is 254 g/mol. The Bertz CT molecular complexity index is 513. The Kier molecular flexibility index (Phi) is 4.47. The summed E-state index contributed by atoms with van der Waals surface area (Å²) in [6.07, 6.45) is -3.80. The van der Waals surface area contributed by atoms with Gasteiger partial charge < -0.3 is 26.2 Å². The number of aliphatic hydroxyl groups excluding tert-OH is 2. The minimum atomic E-state index is -1.57. The number of aryl methyl sites for hydroxylation is 1. The average molecular weight is 269 g/mol. The van der Waals surface area contributed by atoms with E-state index in [-0.39, 0.29) is 16.8 Å². The summed E-state index contributed by atoms with van der Waals surface area (Å²) in [5.74, 6) is -2.54. The van der Waals surface area contributed by atoms with Crippen LogP contribution in [0, 0.1) is 6.92 Å². The summed E-state index contributed by atoms with van der Waals surface area (Å²) in [4.78, 5) is 21.5. The van der Waals surface area contributed by atoms with Crippen LogP contribution in [-0.2, 0) is 4.79 Å². The number of aromatic carboxylic acids is 1. The highest BCUT2D eigenvalue weighted by Crippen LogP contribution is 2.29. The maximum atomic E-state index is 11.0. The van der Waals surface area contributed by atoms with Crippen molar-refractivity contribution in [3.05, 3.63) is 28.8 Å². The van der Waals surface area contributed by atoms with E-state index in [1.807, 2.05) is 0 Å². The number of nitrogens with two attached hydrogens (primary N) is 1. The van der Waals surface area contributed by atoms with Crippen molar-refractivity contribution in [2.24, 2.45) is 0 Å². The van der Waals surface area contributed by atoms with Gasteiger partial charge in [-0.15, -0.1) is 0 Å². The molecule has 0 bridgehead atoms. The quantitative estimate of drug-likeness (QED) is 0.479. The summed E-state index contributed by atoms with van der Waals surface area (Å²) in [6.45, 7) is 1.60. The van der Waals surface area contributed by atoms with Crippen LogP contribution in [0.4, 0.5) is 5.69 Å². The molecule has 1 rings (SSSR count). The fraction of sp³-hybridized carbons (Fsp3) is 0.333. The number of aliphatic hydroxyl groups is 2. The van der Waals surface area contributed by atoms with E-state index in [9.17, 15) is 19.8 Å². The summed E-state index contributed by atoms with van der Waals surface area (Å²) in [5, 5.41) is 36.9. The standard InChI is InChI=1S/C12H15NO6/c1-5-2-6(10(13)7(3-5)12(18)19)11(17)8(14)4-9(15)16/h2-3,8,11,14,17H,4,13H2,1H3,(H,15,16)(H,18,19). The minimum Gasteiger partial charge on any atom is -0.481 e. The highest BCUT2D eigenvalue weighted by molar-refractivity contribution is 5.94. The van der Waals surface area contributed by atoms with E-state index < -0.39 is 30.6 Å². The molecule has 0 aliphatic rings. The molecule has 1 aromatic rings. The molecule has 0 fully saturated rings. The number of carboxylic acid groups (broad SMARTS) is 2. The first-order chi connectivity index (χ1) is 8.73. The summed E-state index contributed by atoms with van der Waals surface area (Å²) >= 11 is 0. The van der Waals surface area contributed by atoms with Crippen molar-refractivity contribution in [2.75, 3.05) is 5.73 Å². The molecule has 0 amide bonds. The molecule has 7 heteroatoms. The molecular formula is C12H15NO6. The van der Waals surface area contributed by atoms with Gasteiger partial charge >= 0.3 is 11.9 Å². The number of nitrogen functional groups attached to an aromatic ring is 1. The molecule has 0 saturated heterocycles. The van der Waals surface area contributed by atoms with E-state index in [0.717, 1.165) is 0 Å². The largest absolute Gasteiger partial charge is 0.481 e. The van der Waals surface area contributed by atoms with Crippen molar-refractivity contribution in [1.29, 1.82) is 0 Å². The lowest BCUT2D eigenvalue weighted by Crippen LogP contribution is -2.23. The topological polar surface area (TPSA) is 141 Å². The Morgan fingerprint density at radius 2 is 1.84 bits per heavy atom. The second kappa shape index (κ2) is 5.68. The van der Waals surface area contributed by atoms with Gasteiger partial charge in [-0.1, -0.05) is 6.07 Å². The fourth-order valence-electron chi connectivity index (χ4n) is 1.75. The van der Waals surface area contributed by atoms with Gasteiger partial charge in [0.05, 0.1) is 23.8 Å². The maximum Gasteiger partial charge on any atom is 0.337 e. The molecule has 0 spiro atoms. The van der Waals surface area contributed by atoms with Crippen LogP contribution in [-0.4, -0.2) is 38.5 Å². The third-order valence-corrected chi connectivity index (χ3v) is 2.65. The summed E-state index contributed by atoms with van der Waals surface area (Å²) in [5.41, 5.74) is 5.78. The molecule has 2 atom stereocenters. The van der Waals surface area contributed by atoms with Crippen LogP contribution in [0.3, 0.4) is 0 Å². The number of anilines is 1. The zero-order valence-corrected chi connectivity index (χ0v) is 10.2. The van der Waals surface area contributed by atoms with Gasteiger partial charge in [-0.25, -0.2) is 4.79 Å². The van der Waals surface area contributed by atoms with Gasteiger partial charge in [0.15, 0.2) is 0 Å². The van der Waals surface area contributed by atoms with E-state index >= 15 is 0 Å². The molecule has 0 aliphatic carbocycles. The van der Waals surface area contributed by atoms with E-state index in [4.69, 9.17) is 15.9 Å². The van der Waals surface area contributed by atoms with Crippen molar-refractivity contribution in [2.45, 2.75) is 25.6 Å². The number of carboxylic acids is 2. The zero-order valence-electron chi connectivity index (χ0n) is 10.2. The first-order valence-corrected chi connectivity index (χ1v) is 5.45. The molecule has 0 radical (unpaired) electrons. The molecule has 6 N–H and O–H groups in total. The molecule has 0 heterocycles. The number of rotatable bonds is 5. The third kappa shape index (κ3) is 3.43. The number of benzene rings is 1. The molecule has 104 valence electrons. The predicted octanol–water partition coefficient (Wildman–Crippen LogP) is 0.144. The Hall–Kier alpha value is -2.12. The maximum absolute atomic E-state index is 11.0. The molecule has 0 saturated carbocycles. The molecule has 0 aromatic heterocycles. The van der Waals surface area contributed by atoms with Crippen LogP contribution in [0.25, 0.3) is 0 Å². The van der Waals surface area contributed by atoms with E-state index in [1.165, 1.54) is 12.1 Å². The van der Waals surface area contributed by atoms with Gasteiger partial charge in [-0.05, 0) is 18.6 Å². The first kappa shape index (κ1) is 14.9. The number of hydrogen-bond donors (Lipinski definition) is 5. The van der Waals surface area contributed by atoms with Gasteiger partial charge in [-0.2, -0.15) is 0 Å². The average Bonchev–Trinajstić information content (AvgIpc) is 2.29. The number of hydrogen-bond acceptors (Lipinski definition) is 5. The van der Waals surface area contributed by atoms with Crippen molar-refractivity contribution in [1.82, 2.24) is 0 Å². The lowest BCUT2D eigenvalue weighted by molar-refractivity contribution is -0.141. The molecule has 0 aliphatic heterocycles. The predicted molar refractivity (Wildman–Crippen MR) is 65.8 cm³/mol. The van der Waals surface area contributed by atoms with Crippen LogP contribution in [0.1, 0.15) is 34.0 Å². The summed E-state index contributed by atoms with van der Waals surface area (Å²) in [7, 11) is 0. The van der Waals surface area contributed by atoms with Crippen LogP contribution < -0.4 is 5.73 Å². The second-order valence-electron chi connectivity index (χ2n) is 4.23. The zero-order chi connectivity index (χ0) is 14.7. The van der Waals surface area contributed by atoms with Crippen LogP contribution in [0.5, 0.6) is 0 Å². The first-order valence-electron chi connectivity index (χ1n) is 5.45. The molecule has 19 heavy (non-hydrogen) atoms. The van der Waals surface area contributed by atoms with E-state index in [1.54, 1.807) is 6.92 Å². The minimum absolute atomic E-state index is 0.00569. The van der Waals surface area contributed by atoms with Crippen molar-refractivity contribution in [3.63, 3.8) is 0 Å². The Morgan fingerprint density at radius 3 is 2.32 bits per heavy atom. The van der Waals surface area contributed by atoms with Crippen LogP contribution in [0.15, 0.2) is 12.1 Å². The smallest absolute Gasteiger partial charge is 0.337 e. The molecule has 1 aromatic carbocycles. The van der Waals surface area contributed by atoms with Crippen molar-refractivity contribution < 1.29 is 30.0 Å².